The van der Waals surface area contributed by atoms with Gasteiger partial charge in [-0.15, -0.1) is 0 Å². The summed E-state index contributed by atoms with van der Waals surface area (Å²) in [6.07, 6.45) is -23.1. The van der Waals surface area contributed by atoms with Crippen LogP contribution in [0.3, 0.4) is 0 Å². The van der Waals surface area contributed by atoms with Crippen molar-refractivity contribution in [2.75, 3.05) is 11.5 Å². The third kappa shape index (κ3) is 10.1. The molecule has 0 fully saturated rings. The number of allylic oxidation sites excluding steroid dienone is 1. The van der Waals surface area contributed by atoms with Gasteiger partial charge in [0, 0.05) is 17.5 Å². The van der Waals surface area contributed by atoms with Crippen LogP contribution in [0.4, 0.5) is 61.5 Å². The molecule has 0 aliphatic rings. The molecule has 3 nitrogen and oxygen atoms in total. The number of Topliss-reactive ketones (excluding diaryl/α,β-unsaturated/α-hetero) is 1. The van der Waals surface area contributed by atoms with Crippen molar-refractivity contribution in [2.24, 2.45) is 5.92 Å². The van der Waals surface area contributed by atoms with E-state index in [-0.39, 0.29) is 18.2 Å². The van der Waals surface area contributed by atoms with Crippen LogP contribution in [0.2, 0.25) is 5.02 Å². The normalized spacial score (nSPS) is 15.3. The average molecular weight is 699 g/mol. The fourth-order valence-corrected chi connectivity index (χ4v) is 5.83. The summed E-state index contributed by atoms with van der Waals surface area (Å²) in [7, 11) is -4.83. The molecule has 0 aliphatic heterocycles. The van der Waals surface area contributed by atoms with Crippen molar-refractivity contribution < 1.29 is 74.7 Å². The summed E-state index contributed by atoms with van der Waals surface area (Å²) >= 11 is 5.18. The Hall–Kier alpha value is -2.89. The van der Waals surface area contributed by atoms with Crippen molar-refractivity contribution in [1.82, 2.24) is 0 Å². The SMILES string of the molecule is C[C@@H](CC(=O)c1ccc(/C(F)=C/C(c2cc(F)c(Cl)c(C(F)(F)F)c2)C(F)(F)F)cc1C(F)(F)F)CS(=O)(=O)CC(F)(F)F. The van der Waals surface area contributed by atoms with E-state index in [1.807, 2.05) is 0 Å². The molecule has 0 radical (unpaired) electrons. The number of sulfone groups is 1. The molecule has 0 amide bonds. The van der Waals surface area contributed by atoms with E-state index in [0.29, 0.717) is 12.1 Å². The molecular weight excluding hydrogens is 682 g/mol. The highest BCUT2D eigenvalue weighted by molar-refractivity contribution is 7.91. The predicted molar refractivity (Wildman–Crippen MR) is 129 cm³/mol. The second-order valence-electron chi connectivity index (χ2n) is 9.56. The second-order valence-corrected chi connectivity index (χ2v) is 12.0. The van der Waals surface area contributed by atoms with Crippen LogP contribution in [0, 0.1) is 11.7 Å². The zero-order valence-electron chi connectivity index (χ0n) is 21.5. The molecule has 19 heteroatoms. The van der Waals surface area contributed by atoms with Crippen LogP contribution in [0.25, 0.3) is 5.83 Å². The Kier molecular flexibility index (Phi) is 10.9. The lowest BCUT2D eigenvalue weighted by molar-refractivity contribution is -0.142. The fourth-order valence-electron chi connectivity index (χ4n) is 4.02. The van der Waals surface area contributed by atoms with Crippen molar-refractivity contribution in [3.05, 3.63) is 75.1 Å². The Morgan fingerprint density at radius 1 is 0.886 bits per heavy atom. The number of carbonyl (C=O) groups excluding carboxylic acids is 1. The van der Waals surface area contributed by atoms with Gasteiger partial charge in [-0.2, -0.15) is 52.7 Å². The molecule has 44 heavy (non-hydrogen) atoms. The predicted octanol–water partition coefficient (Wildman–Crippen LogP) is 9.36. The number of halogens is 15. The summed E-state index contributed by atoms with van der Waals surface area (Å²) in [5, 5.41) is -1.59. The highest BCUT2D eigenvalue weighted by Crippen LogP contribution is 2.44. The standard InChI is InChI=1S/C25H17ClF14O3S/c1-11(9-44(42,43)10-22(29,30)31)4-20(41)14-3-2-12(5-16(14)24(35,36)37)18(27)8-15(23(32,33)34)13-6-17(25(38,39)40)21(26)19(28)7-13/h2-3,5-8,11,15H,4,9-10H2,1H3/b18-8-/t11-,15?/m0/s1. The van der Waals surface area contributed by atoms with Crippen LogP contribution >= 0.6 is 11.6 Å². The highest BCUT2D eigenvalue weighted by Gasteiger charge is 2.43. The van der Waals surface area contributed by atoms with Crippen LogP contribution in [0.5, 0.6) is 0 Å². The summed E-state index contributed by atoms with van der Waals surface area (Å²) < 4.78 is 211. The van der Waals surface area contributed by atoms with Gasteiger partial charge in [0.25, 0.3) is 0 Å². The molecule has 2 aromatic carbocycles. The number of hydrogen-bond donors (Lipinski definition) is 0. The van der Waals surface area contributed by atoms with E-state index in [4.69, 9.17) is 11.6 Å². The molecule has 1 unspecified atom stereocenters. The first-order valence-electron chi connectivity index (χ1n) is 11.6. The monoisotopic (exact) mass is 698 g/mol. The Morgan fingerprint density at radius 3 is 1.91 bits per heavy atom. The number of benzene rings is 2. The van der Waals surface area contributed by atoms with Gasteiger partial charge in [0.15, 0.2) is 15.6 Å². The maximum absolute atomic E-state index is 15.0. The number of rotatable bonds is 9. The minimum atomic E-state index is -5.61. The number of carbonyl (C=O) groups is 1. The molecule has 0 heterocycles. The molecule has 2 atom stereocenters. The molecule has 0 aliphatic carbocycles. The summed E-state index contributed by atoms with van der Waals surface area (Å²) in [6, 6.07) is 0.319. The Labute approximate surface area is 244 Å². The van der Waals surface area contributed by atoms with Crippen molar-refractivity contribution in [3.63, 3.8) is 0 Å². The molecule has 2 aromatic rings. The van der Waals surface area contributed by atoms with Crippen molar-refractivity contribution in [1.29, 1.82) is 0 Å². The van der Waals surface area contributed by atoms with Gasteiger partial charge in [0.1, 0.15) is 23.3 Å². The largest absolute Gasteiger partial charge is 0.417 e. The lowest BCUT2D eigenvalue weighted by Gasteiger charge is -2.20. The van der Waals surface area contributed by atoms with Gasteiger partial charge in [0.2, 0.25) is 0 Å². The van der Waals surface area contributed by atoms with Crippen LogP contribution in [0.1, 0.15) is 51.9 Å². The molecule has 0 saturated carbocycles. The maximum atomic E-state index is 15.0. The second kappa shape index (κ2) is 12.8. The van der Waals surface area contributed by atoms with Crippen molar-refractivity contribution in [2.45, 2.75) is 44.0 Å². The van der Waals surface area contributed by atoms with E-state index < -0.39 is 121 Å². The number of alkyl halides is 12. The maximum Gasteiger partial charge on any atom is 0.417 e. The van der Waals surface area contributed by atoms with Gasteiger partial charge < -0.3 is 0 Å². The first kappa shape index (κ1) is 37.3. The van der Waals surface area contributed by atoms with Crippen LogP contribution in [-0.2, 0) is 22.2 Å². The quantitative estimate of drug-likeness (QED) is 0.194. The van der Waals surface area contributed by atoms with Gasteiger partial charge in [-0.05, 0) is 35.8 Å². The topological polar surface area (TPSA) is 51.2 Å². The minimum absolute atomic E-state index is 0.0709. The lowest BCUT2D eigenvalue weighted by Crippen LogP contribution is -2.28. The Bertz CT molecular complexity index is 1520. The van der Waals surface area contributed by atoms with Crippen molar-refractivity contribution in [3.8, 4) is 0 Å². The summed E-state index contributed by atoms with van der Waals surface area (Å²) in [5.41, 5.74) is -7.93. The summed E-state index contributed by atoms with van der Waals surface area (Å²) in [6.45, 7) is 0.955. The molecule has 246 valence electrons. The third-order valence-electron chi connectivity index (χ3n) is 5.74. The molecule has 0 spiro atoms. The molecule has 2 rings (SSSR count). The van der Waals surface area contributed by atoms with Crippen LogP contribution < -0.4 is 0 Å². The van der Waals surface area contributed by atoms with Gasteiger partial charge >= 0.3 is 24.7 Å². The summed E-state index contributed by atoms with van der Waals surface area (Å²) in [4.78, 5) is 12.5. The average Bonchev–Trinajstić information content (AvgIpc) is 2.79. The molecule has 0 bridgehead atoms. The van der Waals surface area contributed by atoms with Gasteiger partial charge in [0.05, 0.1) is 21.9 Å². The number of hydrogen-bond acceptors (Lipinski definition) is 3. The third-order valence-corrected chi connectivity index (χ3v) is 7.97. The first-order valence-corrected chi connectivity index (χ1v) is 13.8. The van der Waals surface area contributed by atoms with E-state index in [2.05, 4.69) is 0 Å². The highest BCUT2D eigenvalue weighted by atomic mass is 35.5. The van der Waals surface area contributed by atoms with Gasteiger partial charge in [-0.3, -0.25) is 4.79 Å². The molecule has 0 saturated heterocycles. The zero-order chi connectivity index (χ0) is 34.2. The van der Waals surface area contributed by atoms with Gasteiger partial charge in [-0.1, -0.05) is 30.7 Å². The van der Waals surface area contributed by atoms with E-state index in [0.717, 1.165) is 6.92 Å². The lowest BCUT2D eigenvalue weighted by atomic mass is 9.92. The Morgan fingerprint density at radius 2 is 1.43 bits per heavy atom. The fraction of sp³-hybridized carbons (Fsp3) is 0.400. The Balaban J connectivity index is 2.53. The molecule has 0 aromatic heterocycles. The van der Waals surface area contributed by atoms with E-state index in [9.17, 15) is 74.7 Å². The van der Waals surface area contributed by atoms with Gasteiger partial charge in [-0.25, -0.2) is 17.2 Å². The smallest absolute Gasteiger partial charge is 0.294 e. The van der Waals surface area contributed by atoms with Crippen molar-refractivity contribution >= 4 is 33.0 Å². The van der Waals surface area contributed by atoms with E-state index in [1.54, 1.807) is 0 Å². The molecular formula is C25H17ClF14O3S. The van der Waals surface area contributed by atoms with E-state index >= 15 is 0 Å². The zero-order valence-corrected chi connectivity index (χ0v) is 23.1. The van der Waals surface area contributed by atoms with Crippen LogP contribution in [-0.4, -0.2) is 38.1 Å². The van der Waals surface area contributed by atoms with Crippen LogP contribution in [0.15, 0.2) is 36.4 Å². The summed E-state index contributed by atoms with van der Waals surface area (Å²) in [5.74, 6) is -13.7. The number of ketones is 1. The minimum Gasteiger partial charge on any atom is -0.294 e. The molecule has 0 N–H and O–H groups in total. The van der Waals surface area contributed by atoms with E-state index in [1.165, 1.54) is 0 Å². The first-order chi connectivity index (χ1) is 19.6.